The van der Waals surface area contributed by atoms with Crippen LogP contribution < -0.4 is 4.74 Å². The van der Waals surface area contributed by atoms with Crippen molar-refractivity contribution in [2.75, 3.05) is 13.1 Å². The van der Waals surface area contributed by atoms with E-state index in [1.807, 2.05) is 0 Å². The number of likely N-dealkylation sites (tertiary alicyclic amines) is 1. The molecule has 0 spiro atoms. The van der Waals surface area contributed by atoms with Gasteiger partial charge in [0.05, 0.1) is 5.52 Å². The number of benzene rings is 1. The minimum atomic E-state index is -4.29. The topological polar surface area (TPSA) is 60.3 Å². The molecular formula is C20H19F3N4O2. The van der Waals surface area contributed by atoms with Crippen molar-refractivity contribution in [1.29, 1.82) is 0 Å². The van der Waals surface area contributed by atoms with Gasteiger partial charge in [-0.05, 0) is 24.3 Å². The molecule has 0 bridgehead atoms. The Morgan fingerprint density at radius 3 is 2.52 bits per heavy atom. The first-order chi connectivity index (χ1) is 13.9. The first-order valence-electron chi connectivity index (χ1n) is 9.28. The van der Waals surface area contributed by atoms with Crippen LogP contribution in [0.25, 0.3) is 10.9 Å². The van der Waals surface area contributed by atoms with Gasteiger partial charge in [0, 0.05) is 49.9 Å². The lowest BCUT2D eigenvalue weighted by molar-refractivity contribution is -0.139. The van der Waals surface area contributed by atoms with Crippen molar-refractivity contribution in [2.24, 2.45) is 0 Å². The number of carbonyl (C=O) groups excluding carboxylic acids is 1. The molecule has 1 fully saturated rings. The van der Waals surface area contributed by atoms with E-state index in [2.05, 4.69) is 9.97 Å². The maximum atomic E-state index is 12.8. The first-order valence-corrected chi connectivity index (χ1v) is 9.28. The highest BCUT2D eigenvalue weighted by molar-refractivity contribution is 5.90. The van der Waals surface area contributed by atoms with E-state index < -0.39 is 12.7 Å². The number of alkyl halides is 3. The Labute approximate surface area is 164 Å². The lowest BCUT2D eigenvalue weighted by Gasteiger charge is -2.31. The quantitative estimate of drug-likeness (QED) is 0.666. The fraction of sp³-hybridized carbons (Fsp3) is 0.350. The molecule has 3 aromatic rings. The summed E-state index contributed by atoms with van der Waals surface area (Å²) >= 11 is 0. The zero-order valence-corrected chi connectivity index (χ0v) is 15.5. The summed E-state index contributed by atoms with van der Waals surface area (Å²) in [5.41, 5.74) is 0.480. The molecule has 29 heavy (non-hydrogen) atoms. The lowest BCUT2D eigenvalue weighted by atomic mass is 10.1. The zero-order valence-electron chi connectivity index (χ0n) is 15.5. The van der Waals surface area contributed by atoms with Crippen LogP contribution in [-0.2, 0) is 6.54 Å². The van der Waals surface area contributed by atoms with E-state index in [1.165, 1.54) is 23.2 Å². The van der Waals surface area contributed by atoms with Gasteiger partial charge in [0.15, 0.2) is 0 Å². The number of hydrogen-bond donors (Lipinski definition) is 0. The van der Waals surface area contributed by atoms with Crippen LogP contribution in [0.3, 0.4) is 0 Å². The summed E-state index contributed by atoms with van der Waals surface area (Å²) < 4.78 is 45.5. The second-order valence-corrected chi connectivity index (χ2v) is 6.93. The Hall–Kier alpha value is -3.10. The summed E-state index contributed by atoms with van der Waals surface area (Å²) in [6.45, 7) is -0.0261. The summed E-state index contributed by atoms with van der Waals surface area (Å²) in [5, 5.41) is 0.646. The van der Waals surface area contributed by atoms with E-state index in [0.29, 0.717) is 42.6 Å². The number of nitrogens with zero attached hydrogens (tertiary/aromatic N) is 4. The molecule has 0 N–H and O–H groups in total. The Bertz CT molecular complexity index is 996. The predicted molar refractivity (Wildman–Crippen MR) is 99.6 cm³/mol. The number of carbonyl (C=O) groups is 1. The van der Waals surface area contributed by atoms with Gasteiger partial charge in [-0.2, -0.15) is 13.2 Å². The molecule has 0 atom stereocenters. The first kappa shape index (κ1) is 19.2. The second kappa shape index (κ2) is 7.73. The average Bonchev–Trinajstić information content (AvgIpc) is 3.11. The van der Waals surface area contributed by atoms with Crippen molar-refractivity contribution in [1.82, 2.24) is 19.4 Å². The van der Waals surface area contributed by atoms with Gasteiger partial charge in [-0.15, -0.1) is 0 Å². The second-order valence-electron chi connectivity index (χ2n) is 6.93. The van der Waals surface area contributed by atoms with Crippen molar-refractivity contribution in [3.63, 3.8) is 0 Å². The summed E-state index contributed by atoms with van der Waals surface area (Å²) in [4.78, 5) is 22.1. The molecule has 3 heterocycles. The van der Waals surface area contributed by atoms with E-state index in [-0.39, 0.29) is 17.8 Å². The number of halogens is 3. The number of hydrogen-bond acceptors (Lipinski definition) is 4. The third-order valence-electron chi connectivity index (χ3n) is 4.90. The third kappa shape index (κ3) is 4.33. The average molecular weight is 404 g/mol. The Kier molecular flexibility index (Phi) is 5.12. The number of piperidine rings is 1. The van der Waals surface area contributed by atoms with Gasteiger partial charge in [-0.25, -0.2) is 9.97 Å². The number of rotatable bonds is 4. The highest BCUT2D eigenvalue weighted by atomic mass is 19.4. The molecule has 1 amide bonds. The van der Waals surface area contributed by atoms with Crippen LogP contribution in [0.1, 0.15) is 23.5 Å². The molecule has 9 heteroatoms. The van der Waals surface area contributed by atoms with Crippen molar-refractivity contribution >= 4 is 16.8 Å². The highest BCUT2D eigenvalue weighted by Crippen LogP contribution is 2.31. The molecule has 0 unspecified atom stereocenters. The van der Waals surface area contributed by atoms with Crippen LogP contribution >= 0.6 is 0 Å². The maximum absolute atomic E-state index is 12.8. The number of aromatic nitrogens is 3. The van der Waals surface area contributed by atoms with E-state index >= 15 is 0 Å². The Morgan fingerprint density at radius 2 is 1.83 bits per heavy atom. The van der Waals surface area contributed by atoms with Crippen LogP contribution in [0.4, 0.5) is 13.2 Å². The van der Waals surface area contributed by atoms with E-state index in [0.717, 1.165) is 0 Å². The van der Waals surface area contributed by atoms with Crippen LogP contribution in [0.15, 0.2) is 48.9 Å². The smallest absolute Gasteiger partial charge is 0.406 e. The third-order valence-corrected chi connectivity index (χ3v) is 4.90. The fourth-order valence-corrected chi connectivity index (χ4v) is 3.54. The number of fused-ring (bicyclic) bond motifs is 1. The van der Waals surface area contributed by atoms with Gasteiger partial charge >= 0.3 is 6.18 Å². The molecule has 152 valence electrons. The molecule has 1 aliphatic heterocycles. The van der Waals surface area contributed by atoms with Gasteiger partial charge < -0.3 is 14.2 Å². The van der Waals surface area contributed by atoms with Gasteiger partial charge in [-0.3, -0.25) is 4.79 Å². The zero-order chi connectivity index (χ0) is 20.4. The fourth-order valence-electron chi connectivity index (χ4n) is 3.54. The molecule has 4 rings (SSSR count). The van der Waals surface area contributed by atoms with Gasteiger partial charge in [0.2, 0.25) is 5.82 Å². The van der Waals surface area contributed by atoms with Crippen LogP contribution in [0.2, 0.25) is 0 Å². The van der Waals surface area contributed by atoms with Gasteiger partial charge in [0.25, 0.3) is 5.91 Å². The van der Waals surface area contributed by atoms with Crippen LogP contribution in [-0.4, -0.2) is 50.7 Å². The maximum Gasteiger partial charge on any atom is 0.406 e. The van der Waals surface area contributed by atoms with E-state index in [4.69, 9.17) is 4.74 Å². The van der Waals surface area contributed by atoms with Crippen LogP contribution in [0.5, 0.6) is 5.75 Å². The summed E-state index contributed by atoms with van der Waals surface area (Å²) in [7, 11) is 0. The highest BCUT2D eigenvalue weighted by Gasteiger charge is 2.29. The molecule has 0 saturated carbocycles. The van der Waals surface area contributed by atoms with Crippen molar-refractivity contribution in [3.05, 3.63) is 54.7 Å². The number of ether oxygens (including phenoxy) is 1. The van der Waals surface area contributed by atoms with Gasteiger partial charge in [0.1, 0.15) is 18.4 Å². The molecule has 1 aliphatic rings. The molecule has 2 aromatic heterocycles. The predicted octanol–water partition coefficient (Wildman–Crippen LogP) is 3.68. The molecule has 1 saturated heterocycles. The summed E-state index contributed by atoms with van der Waals surface area (Å²) in [5.74, 6) is 0.512. The largest absolute Gasteiger partial charge is 0.490 e. The molecule has 0 aliphatic carbocycles. The Morgan fingerprint density at radius 1 is 1.10 bits per heavy atom. The SMILES string of the molecule is O=C(c1ncccn1)N1CCC(Oc2cccc3c2ccn3CC(F)(F)F)CC1. The molecule has 0 radical (unpaired) electrons. The van der Waals surface area contributed by atoms with E-state index in [9.17, 15) is 18.0 Å². The van der Waals surface area contributed by atoms with Crippen molar-refractivity contribution in [2.45, 2.75) is 31.7 Å². The normalized spacial score (nSPS) is 15.6. The van der Waals surface area contributed by atoms with Gasteiger partial charge in [-0.1, -0.05) is 6.07 Å². The summed E-state index contributed by atoms with van der Waals surface area (Å²) in [6.07, 6.45) is 1.32. The van der Waals surface area contributed by atoms with Crippen molar-refractivity contribution < 1.29 is 22.7 Å². The molecule has 6 nitrogen and oxygen atoms in total. The van der Waals surface area contributed by atoms with Crippen LogP contribution in [0, 0.1) is 0 Å². The summed E-state index contributed by atoms with van der Waals surface area (Å²) in [6, 6.07) is 8.39. The van der Waals surface area contributed by atoms with Crippen molar-refractivity contribution in [3.8, 4) is 5.75 Å². The molecule has 1 aromatic carbocycles. The molecular weight excluding hydrogens is 385 g/mol. The lowest BCUT2D eigenvalue weighted by Crippen LogP contribution is -2.42. The Balaban J connectivity index is 1.42. The standard InChI is InChI=1S/C20H19F3N4O2/c21-20(22,23)13-27-12-7-15-16(27)3-1-4-17(15)29-14-5-10-26(11-6-14)19(28)18-24-8-2-9-25-18/h1-4,7-9,12,14H,5-6,10-11,13H2. The monoisotopic (exact) mass is 404 g/mol. The minimum Gasteiger partial charge on any atom is -0.490 e. The number of amides is 1. The minimum absolute atomic E-state index is 0.118. The van der Waals surface area contributed by atoms with E-state index in [1.54, 1.807) is 35.2 Å².